The molecule has 1 amide bonds. The van der Waals surface area contributed by atoms with Gasteiger partial charge in [0.2, 0.25) is 5.91 Å². The number of alkyl halides is 3. The third-order valence-corrected chi connectivity index (χ3v) is 5.67. The zero-order valence-corrected chi connectivity index (χ0v) is 20.3. The van der Waals surface area contributed by atoms with Crippen LogP contribution in [0.2, 0.25) is 0 Å². The smallest absolute Gasteiger partial charge is 0.480 e. The van der Waals surface area contributed by atoms with E-state index in [0.29, 0.717) is 31.0 Å². The third kappa shape index (κ3) is 7.61. The van der Waals surface area contributed by atoms with E-state index in [1.165, 1.54) is 4.68 Å². The Kier molecular flexibility index (Phi) is 8.83. The molecule has 0 spiro atoms. The molecule has 12 nitrogen and oxygen atoms in total. The van der Waals surface area contributed by atoms with Crippen molar-refractivity contribution < 1.29 is 37.8 Å². The van der Waals surface area contributed by atoms with E-state index >= 15 is 0 Å². The minimum atomic E-state index is -5.08. The second kappa shape index (κ2) is 11.9. The van der Waals surface area contributed by atoms with Crippen molar-refractivity contribution in [2.45, 2.75) is 51.0 Å². The van der Waals surface area contributed by atoms with E-state index in [4.69, 9.17) is 9.90 Å². The third-order valence-electron chi connectivity index (χ3n) is 5.67. The van der Waals surface area contributed by atoms with Crippen LogP contribution < -0.4 is 10.6 Å². The summed E-state index contributed by atoms with van der Waals surface area (Å²) in [6.07, 6.45) is -0.250. The number of nitrogens with one attached hydrogen (secondary N) is 2. The summed E-state index contributed by atoms with van der Waals surface area (Å²) in [6.45, 7) is 3.21. The first-order valence-corrected chi connectivity index (χ1v) is 11.4. The maximum absolute atomic E-state index is 12.5. The lowest BCUT2D eigenvalue weighted by Crippen LogP contribution is -2.49. The van der Waals surface area contributed by atoms with Crippen LogP contribution in [0.25, 0.3) is 0 Å². The Hall–Kier alpha value is -4.27. The maximum atomic E-state index is 12.5. The average Bonchev–Trinajstić information content (AvgIpc) is 3.57. The normalized spacial score (nSPS) is 16.9. The van der Waals surface area contributed by atoms with Crippen molar-refractivity contribution in [3.05, 3.63) is 59.5 Å². The Morgan fingerprint density at radius 1 is 1.21 bits per heavy atom. The van der Waals surface area contributed by atoms with E-state index in [2.05, 4.69) is 32.1 Å². The van der Waals surface area contributed by atoms with Gasteiger partial charge in [0.25, 0.3) is 0 Å². The summed E-state index contributed by atoms with van der Waals surface area (Å²) in [4.78, 5) is 33.1. The SMILES string of the molecule is Cc1cccc(Cn2nccc2NC(=O)Cn2cc(CC3(C(=O)O)CCCN3)nn2)c1.O=C(O)C(F)(F)F. The Balaban J connectivity index is 0.000000505. The summed E-state index contributed by atoms with van der Waals surface area (Å²) in [6, 6.07) is 9.85. The van der Waals surface area contributed by atoms with E-state index in [1.54, 1.807) is 23.1 Å². The highest BCUT2D eigenvalue weighted by Gasteiger charge is 2.42. The average molecular weight is 537 g/mol. The lowest BCUT2D eigenvalue weighted by molar-refractivity contribution is -0.192. The zero-order chi connectivity index (χ0) is 27.9. The van der Waals surface area contributed by atoms with Gasteiger partial charge in [-0.3, -0.25) is 9.59 Å². The Morgan fingerprint density at radius 2 is 1.95 bits per heavy atom. The van der Waals surface area contributed by atoms with Crippen LogP contribution in [0, 0.1) is 6.92 Å². The molecule has 4 N–H and O–H groups in total. The number of anilines is 1. The number of carboxylic acids is 2. The van der Waals surface area contributed by atoms with Gasteiger partial charge in [0.05, 0.1) is 18.4 Å². The first-order chi connectivity index (χ1) is 17.9. The highest BCUT2D eigenvalue weighted by atomic mass is 19.4. The molecule has 3 aromatic rings. The molecule has 2 aromatic heterocycles. The predicted molar refractivity (Wildman–Crippen MR) is 126 cm³/mol. The fraction of sp³-hybridized carbons (Fsp3) is 0.391. The van der Waals surface area contributed by atoms with Crippen molar-refractivity contribution in [3.63, 3.8) is 0 Å². The van der Waals surface area contributed by atoms with Crippen LogP contribution >= 0.6 is 0 Å². The Morgan fingerprint density at radius 3 is 2.55 bits per heavy atom. The fourth-order valence-corrected chi connectivity index (χ4v) is 3.90. The Bertz CT molecular complexity index is 1280. The molecule has 0 bridgehead atoms. The molecule has 204 valence electrons. The van der Waals surface area contributed by atoms with E-state index in [9.17, 15) is 27.9 Å². The molecular formula is C23H26F3N7O5. The van der Waals surface area contributed by atoms with Gasteiger partial charge >= 0.3 is 18.1 Å². The number of aliphatic carboxylic acids is 2. The summed E-state index contributed by atoms with van der Waals surface area (Å²) < 4.78 is 34.9. The number of carbonyl (C=O) groups is 3. The number of benzene rings is 1. The molecule has 0 aliphatic carbocycles. The first-order valence-electron chi connectivity index (χ1n) is 11.4. The van der Waals surface area contributed by atoms with Gasteiger partial charge in [-0.1, -0.05) is 35.0 Å². The molecule has 1 aliphatic rings. The molecule has 1 saturated heterocycles. The van der Waals surface area contributed by atoms with Crippen molar-refractivity contribution in [1.82, 2.24) is 30.1 Å². The molecule has 3 heterocycles. The van der Waals surface area contributed by atoms with E-state index < -0.39 is 23.7 Å². The summed E-state index contributed by atoms with van der Waals surface area (Å²) >= 11 is 0. The zero-order valence-electron chi connectivity index (χ0n) is 20.3. The molecule has 1 unspecified atom stereocenters. The summed E-state index contributed by atoms with van der Waals surface area (Å²) in [5.41, 5.74) is 1.78. The van der Waals surface area contributed by atoms with Crippen molar-refractivity contribution >= 4 is 23.7 Å². The van der Waals surface area contributed by atoms with Crippen molar-refractivity contribution in [2.24, 2.45) is 0 Å². The van der Waals surface area contributed by atoms with Crippen LogP contribution in [0.3, 0.4) is 0 Å². The van der Waals surface area contributed by atoms with Gasteiger partial charge in [0.15, 0.2) is 0 Å². The van der Waals surface area contributed by atoms with Crippen LogP contribution in [0.1, 0.15) is 29.7 Å². The molecular weight excluding hydrogens is 511 g/mol. The number of hydrogen-bond acceptors (Lipinski definition) is 7. The van der Waals surface area contributed by atoms with E-state index in [-0.39, 0.29) is 18.9 Å². The maximum Gasteiger partial charge on any atom is 0.490 e. The predicted octanol–water partition coefficient (Wildman–Crippen LogP) is 1.85. The highest BCUT2D eigenvalue weighted by molar-refractivity contribution is 5.89. The molecule has 4 rings (SSSR count). The van der Waals surface area contributed by atoms with Gasteiger partial charge in [-0.2, -0.15) is 18.3 Å². The molecule has 38 heavy (non-hydrogen) atoms. The molecule has 1 aromatic carbocycles. The van der Waals surface area contributed by atoms with Gasteiger partial charge in [0.1, 0.15) is 17.9 Å². The second-order valence-electron chi connectivity index (χ2n) is 8.72. The molecule has 1 atom stereocenters. The van der Waals surface area contributed by atoms with Crippen LogP contribution in [0.15, 0.2) is 42.7 Å². The molecule has 1 aliphatic heterocycles. The molecule has 0 radical (unpaired) electrons. The monoisotopic (exact) mass is 537 g/mol. The van der Waals surface area contributed by atoms with Crippen molar-refractivity contribution in [1.29, 1.82) is 0 Å². The van der Waals surface area contributed by atoms with Crippen molar-refractivity contribution in [2.75, 3.05) is 11.9 Å². The number of halogens is 3. The molecule has 15 heteroatoms. The number of carboxylic acid groups (broad SMARTS) is 2. The fourth-order valence-electron chi connectivity index (χ4n) is 3.90. The number of rotatable bonds is 8. The van der Waals surface area contributed by atoms with Gasteiger partial charge in [-0.05, 0) is 31.9 Å². The number of carbonyl (C=O) groups excluding carboxylic acids is 1. The quantitative estimate of drug-likeness (QED) is 0.336. The largest absolute Gasteiger partial charge is 0.490 e. The number of aryl methyl sites for hydroxylation is 1. The summed E-state index contributed by atoms with van der Waals surface area (Å²) in [5.74, 6) is -3.33. The standard InChI is InChI=1S/C21H25N7O3.C2HF3O2/c1-15-4-2-5-16(10-15)12-28-18(6-9-23-28)24-19(29)14-27-13-17(25-26-27)11-21(20(30)31)7-3-8-22-21;3-2(4,5)1(6)7/h2,4-6,9-10,13,22H,3,7-8,11-12,14H2,1H3,(H,24,29)(H,30,31);(H,6,7). The minimum Gasteiger partial charge on any atom is -0.480 e. The Labute approximate surface area is 214 Å². The van der Waals surface area contributed by atoms with E-state index in [0.717, 1.165) is 17.5 Å². The number of nitrogens with zero attached hydrogens (tertiary/aromatic N) is 5. The summed E-state index contributed by atoms with van der Waals surface area (Å²) in [5, 5.41) is 34.9. The van der Waals surface area contributed by atoms with Crippen molar-refractivity contribution in [3.8, 4) is 0 Å². The lowest BCUT2D eigenvalue weighted by atomic mass is 9.92. The first kappa shape index (κ1) is 28.3. The molecule has 0 saturated carbocycles. The van der Waals surface area contributed by atoms with E-state index in [1.807, 2.05) is 25.1 Å². The molecule has 1 fully saturated rings. The van der Waals surface area contributed by atoms with Gasteiger partial charge in [0, 0.05) is 18.7 Å². The van der Waals surface area contributed by atoms with Crippen LogP contribution in [-0.4, -0.2) is 71.1 Å². The topological polar surface area (TPSA) is 164 Å². The number of amides is 1. The second-order valence-corrected chi connectivity index (χ2v) is 8.72. The van der Waals surface area contributed by atoms with Gasteiger partial charge in [-0.15, -0.1) is 5.10 Å². The summed E-state index contributed by atoms with van der Waals surface area (Å²) in [7, 11) is 0. The van der Waals surface area contributed by atoms with Crippen LogP contribution in [0.4, 0.5) is 19.0 Å². The van der Waals surface area contributed by atoms with Crippen LogP contribution in [-0.2, 0) is 33.9 Å². The van der Waals surface area contributed by atoms with Gasteiger partial charge < -0.3 is 20.8 Å². The number of hydrogen-bond donors (Lipinski definition) is 4. The number of aromatic nitrogens is 5. The highest BCUT2D eigenvalue weighted by Crippen LogP contribution is 2.23. The van der Waals surface area contributed by atoms with Crippen LogP contribution in [0.5, 0.6) is 0 Å². The van der Waals surface area contributed by atoms with Gasteiger partial charge in [-0.25, -0.2) is 14.2 Å². The lowest BCUT2D eigenvalue weighted by Gasteiger charge is -2.22. The minimum absolute atomic E-state index is 0.0316.